The lowest BCUT2D eigenvalue weighted by molar-refractivity contribution is -0.123. The molecule has 2 atom stereocenters. The van der Waals surface area contributed by atoms with Gasteiger partial charge in [0.05, 0.1) is 18.4 Å². The smallest absolute Gasteiger partial charge is 0.244 e. The first-order chi connectivity index (χ1) is 12.2. The molecule has 0 unspecified atom stereocenters. The lowest BCUT2D eigenvalue weighted by Crippen LogP contribution is -2.53. The summed E-state index contributed by atoms with van der Waals surface area (Å²) in [7, 11) is 0. The quantitative estimate of drug-likeness (QED) is 0.812. The van der Waals surface area contributed by atoms with E-state index in [9.17, 15) is 4.79 Å². The molecule has 2 aliphatic rings. The number of fused-ring (bicyclic) bond motifs is 1. The molecule has 2 N–H and O–H groups in total. The maximum Gasteiger partial charge on any atom is 0.244 e. The molecule has 6 nitrogen and oxygen atoms in total. The van der Waals surface area contributed by atoms with E-state index in [4.69, 9.17) is 9.72 Å². The first kappa shape index (κ1) is 21.7. The van der Waals surface area contributed by atoms with Gasteiger partial charge >= 0.3 is 0 Å². The van der Waals surface area contributed by atoms with Crippen LogP contribution in [0.2, 0.25) is 0 Å². The van der Waals surface area contributed by atoms with Crippen LogP contribution in [0.4, 0.5) is 5.69 Å². The Balaban J connectivity index is 0.00000131. The molecule has 1 aromatic carbocycles. The van der Waals surface area contributed by atoms with Crippen LogP contribution >= 0.6 is 24.8 Å². The van der Waals surface area contributed by atoms with Crippen LogP contribution in [0.25, 0.3) is 11.3 Å². The number of halogens is 2. The highest BCUT2D eigenvalue weighted by molar-refractivity contribution is 5.95. The van der Waals surface area contributed by atoms with Crippen molar-refractivity contribution in [1.82, 2.24) is 14.9 Å². The second kappa shape index (κ2) is 9.55. The summed E-state index contributed by atoms with van der Waals surface area (Å²) in [6, 6.07) is 7.57. The number of anilines is 1. The minimum Gasteiger partial charge on any atom is -0.375 e. The summed E-state index contributed by atoms with van der Waals surface area (Å²) in [5.41, 5.74) is 2.87. The molecule has 8 heteroatoms. The van der Waals surface area contributed by atoms with Crippen LogP contribution in [0, 0.1) is 0 Å². The number of carbonyl (C=O) groups is 1. The van der Waals surface area contributed by atoms with E-state index in [1.807, 2.05) is 31.2 Å². The van der Waals surface area contributed by atoms with Crippen LogP contribution in [0.1, 0.15) is 25.6 Å². The zero-order valence-corrected chi connectivity index (χ0v) is 16.9. The van der Waals surface area contributed by atoms with E-state index in [0.29, 0.717) is 13.2 Å². The van der Waals surface area contributed by atoms with Crippen molar-refractivity contribution in [2.24, 2.45) is 0 Å². The highest BCUT2D eigenvalue weighted by Gasteiger charge is 2.28. The second-order valence-corrected chi connectivity index (χ2v) is 6.77. The van der Waals surface area contributed by atoms with Gasteiger partial charge in [-0.25, -0.2) is 4.98 Å². The fourth-order valence-corrected chi connectivity index (χ4v) is 3.52. The summed E-state index contributed by atoms with van der Waals surface area (Å²) in [4.78, 5) is 17.1. The largest absolute Gasteiger partial charge is 0.375 e. The first-order valence-corrected chi connectivity index (χ1v) is 9.03. The molecule has 1 aromatic heterocycles. The fourth-order valence-electron chi connectivity index (χ4n) is 3.52. The minimum atomic E-state index is -0.312. The maximum atomic E-state index is 12.4. The number of hydrogen-bond donors (Lipinski definition) is 2. The van der Waals surface area contributed by atoms with Gasteiger partial charge in [0, 0.05) is 37.0 Å². The van der Waals surface area contributed by atoms with E-state index in [1.54, 1.807) is 0 Å². The van der Waals surface area contributed by atoms with Crippen molar-refractivity contribution in [3.05, 3.63) is 36.3 Å². The SMILES string of the molecule is C[C@H]1OCCN[C@@H]1C(=O)Nc1ccc(-c2cn3c(n2)CCCC3)cc1.Cl.Cl. The summed E-state index contributed by atoms with van der Waals surface area (Å²) < 4.78 is 7.79. The third kappa shape index (κ3) is 4.82. The van der Waals surface area contributed by atoms with Gasteiger partial charge < -0.3 is 19.9 Å². The predicted octanol–water partition coefficient (Wildman–Crippen LogP) is 3.05. The highest BCUT2D eigenvalue weighted by atomic mass is 35.5. The Bertz CT molecular complexity index is 740. The predicted molar refractivity (Wildman–Crippen MR) is 111 cm³/mol. The average molecular weight is 413 g/mol. The normalized spacial score (nSPS) is 21.4. The van der Waals surface area contributed by atoms with Gasteiger partial charge in [-0.1, -0.05) is 12.1 Å². The molecule has 0 bridgehead atoms. The van der Waals surface area contributed by atoms with Crippen molar-refractivity contribution in [3.63, 3.8) is 0 Å². The summed E-state index contributed by atoms with van der Waals surface area (Å²) in [5.74, 6) is 1.12. The van der Waals surface area contributed by atoms with Gasteiger partial charge in [0.1, 0.15) is 11.9 Å². The van der Waals surface area contributed by atoms with Gasteiger partial charge in [-0.05, 0) is 31.9 Å². The van der Waals surface area contributed by atoms with Gasteiger partial charge in [-0.15, -0.1) is 24.8 Å². The number of nitrogens with one attached hydrogen (secondary N) is 2. The number of aryl methyl sites for hydroxylation is 2. The van der Waals surface area contributed by atoms with Crippen LogP contribution in [0.5, 0.6) is 0 Å². The number of hydrogen-bond acceptors (Lipinski definition) is 4. The summed E-state index contributed by atoms with van der Waals surface area (Å²) in [6.07, 6.45) is 5.52. The number of rotatable bonds is 3. The molecular formula is C19H26Cl2N4O2. The number of aromatic nitrogens is 2. The van der Waals surface area contributed by atoms with Gasteiger partial charge in [-0.2, -0.15) is 0 Å². The Kier molecular flexibility index (Phi) is 7.68. The molecule has 2 aliphatic heterocycles. The molecule has 1 amide bonds. The standard InChI is InChI=1S/C19H24N4O2.2ClH/c1-13-18(20-9-11-25-13)19(24)21-15-7-5-14(6-8-15)16-12-23-10-3-2-4-17(23)22-16;;/h5-8,12-13,18,20H,2-4,9-11H2,1H3,(H,21,24);2*1H/t13-,18+;;/m1../s1. The van der Waals surface area contributed by atoms with Gasteiger partial charge in [0.25, 0.3) is 0 Å². The van der Waals surface area contributed by atoms with Crippen LogP contribution in [-0.4, -0.2) is 40.8 Å². The number of benzene rings is 1. The maximum absolute atomic E-state index is 12.4. The molecule has 0 aliphatic carbocycles. The molecule has 27 heavy (non-hydrogen) atoms. The molecule has 148 valence electrons. The Hall–Kier alpha value is -1.60. The Morgan fingerprint density at radius 3 is 2.74 bits per heavy atom. The van der Waals surface area contributed by atoms with Crippen LogP contribution < -0.4 is 10.6 Å². The van der Waals surface area contributed by atoms with Crippen LogP contribution in [0.15, 0.2) is 30.5 Å². The highest BCUT2D eigenvalue weighted by Crippen LogP contribution is 2.24. The molecule has 1 fully saturated rings. The van der Waals surface area contributed by atoms with Crippen molar-refractivity contribution < 1.29 is 9.53 Å². The average Bonchev–Trinajstić information content (AvgIpc) is 3.07. The minimum absolute atomic E-state index is 0. The molecule has 3 heterocycles. The van der Waals surface area contributed by atoms with E-state index in [2.05, 4.69) is 21.4 Å². The van der Waals surface area contributed by atoms with Crippen molar-refractivity contribution in [3.8, 4) is 11.3 Å². The van der Waals surface area contributed by atoms with Crippen LogP contribution in [0.3, 0.4) is 0 Å². The van der Waals surface area contributed by atoms with Crippen molar-refractivity contribution in [2.75, 3.05) is 18.5 Å². The second-order valence-electron chi connectivity index (χ2n) is 6.77. The summed E-state index contributed by atoms with van der Waals surface area (Å²) >= 11 is 0. The van der Waals surface area contributed by atoms with E-state index in [1.165, 1.54) is 18.7 Å². The number of morpholine rings is 1. The van der Waals surface area contributed by atoms with Gasteiger partial charge in [0.2, 0.25) is 5.91 Å². The zero-order chi connectivity index (χ0) is 17.2. The van der Waals surface area contributed by atoms with E-state index in [0.717, 1.165) is 29.9 Å². The number of carbonyl (C=O) groups excluding carboxylic acids is 1. The Morgan fingerprint density at radius 2 is 2.04 bits per heavy atom. The van der Waals surface area contributed by atoms with Gasteiger partial charge in [0.15, 0.2) is 0 Å². The van der Waals surface area contributed by atoms with Crippen LogP contribution in [-0.2, 0) is 22.5 Å². The Labute approximate surface area is 171 Å². The third-order valence-corrected chi connectivity index (χ3v) is 4.96. The molecule has 0 saturated carbocycles. The first-order valence-electron chi connectivity index (χ1n) is 9.03. The van der Waals surface area contributed by atoms with E-state index in [-0.39, 0.29) is 42.9 Å². The van der Waals surface area contributed by atoms with Crippen molar-refractivity contribution in [2.45, 2.75) is 44.9 Å². The lowest BCUT2D eigenvalue weighted by Gasteiger charge is -2.29. The van der Waals surface area contributed by atoms with E-state index >= 15 is 0 Å². The topological polar surface area (TPSA) is 68.2 Å². The molecule has 0 radical (unpaired) electrons. The molecule has 1 saturated heterocycles. The van der Waals surface area contributed by atoms with Crippen molar-refractivity contribution >= 4 is 36.4 Å². The molecule has 2 aromatic rings. The number of nitrogens with zero attached hydrogens (tertiary/aromatic N) is 2. The Morgan fingerprint density at radius 1 is 1.26 bits per heavy atom. The summed E-state index contributed by atoms with van der Waals surface area (Å²) in [6.45, 7) is 4.33. The molecular weight excluding hydrogens is 387 g/mol. The van der Waals surface area contributed by atoms with Gasteiger partial charge in [-0.3, -0.25) is 4.79 Å². The molecule has 4 rings (SSSR count). The number of imidazole rings is 1. The molecule has 0 spiro atoms. The zero-order valence-electron chi connectivity index (χ0n) is 15.3. The number of amides is 1. The van der Waals surface area contributed by atoms with Crippen molar-refractivity contribution in [1.29, 1.82) is 0 Å². The monoisotopic (exact) mass is 412 g/mol. The fraction of sp³-hybridized carbons (Fsp3) is 0.474. The van der Waals surface area contributed by atoms with E-state index < -0.39 is 0 Å². The number of ether oxygens (including phenoxy) is 1. The third-order valence-electron chi connectivity index (χ3n) is 4.96. The lowest BCUT2D eigenvalue weighted by atomic mass is 10.1. The summed E-state index contributed by atoms with van der Waals surface area (Å²) in [5, 5.41) is 6.17.